The van der Waals surface area contributed by atoms with Gasteiger partial charge in [-0.15, -0.1) is 11.3 Å². The van der Waals surface area contributed by atoms with Crippen LogP contribution in [0.15, 0.2) is 133 Å². The topological polar surface area (TPSA) is 22.0 Å². The first-order valence-electron chi connectivity index (χ1n) is 14.4. The summed E-state index contributed by atoms with van der Waals surface area (Å²) in [5.41, 5.74) is 6.19. The lowest BCUT2D eigenvalue weighted by molar-refractivity contribution is 1.06. The first kappa shape index (κ1) is 27.3. The molecule has 2 nitrogen and oxygen atoms in total. The van der Waals surface area contributed by atoms with Gasteiger partial charge in [0.05, 0.1) is 10.2 Å². The van der Waals surface area contributed by atoms with Gasteiger partial charge >= 0.3 is 0 Å². The zero-order chi connectivity index (χ0) is 30.4. The number of allylic oxidation sites excluding steroid dienone is 2. The zero-order valence-corrected chi connectivity index (χ0v) is 25.0. The number of thiophene rings is 1. The second-order valence-corrected chi connectivity index (χ2v) is 11.7. The molecule has 0 aliphatic carbocycles. The standard InChI is InChI=1S/C41H29NOS/c1-5-10-33-26(3)27(4)34(11-6-2)38-25-31(18-21-35(33)38)30-13-9-12-29(24-30)28-16-19-32(20-17-28)42-39-22-23-44-40(39)36-14-7-8-15-37(36)41(42)43/h5-25H,1-4H2/b33-10+,34-11+. The van der Waals surface area contributed by atoms with Crippen LogP contribution in [0.4, 0.5) is 0 Å². The van der Waals surface area contributed by atoms with Crippen molar-refractivity contribution in [1.29, 1.82) is 0 Å². The molecule has 210 valence electrons. The van der Waals surface area contributed by atoms with Crippen LogP contribution in [0.25, 0.3) is 85.0 Å². The van der Waals surface area contributed by atoms with E-state index in [0.717, 1.165) is 80.6 Å². The van der Waals surface area contributed by atoms with E-state index in [0.29, 0.717) is 0 Å². The minimum atomic E-state index is -0.00382. The predicted molar refractivity (Wildman–Crippen MR) is 192 cm³/mol. The second kappa shape index (κ2) is 11.0. The van der Waals surface area contributed by atoms with Gasteiger partial charge in [-0.05, 0) is 95.7 Å². The van der Waals surface area contributed by atoms with Gasteiger partial charge < -0.3 is 0 Å². The molecule has 0 spiro atoms. The molecule has 5 aromatic carbocycles. The third-order valence-electron chi connectivity index (χ3n) is 8.33. The predicted octanol–water partition coefficient (Wildman–Crippen LogP) is 7.45. The molecule has 44 heavy (non-hydrogen) atoms. The largest absolute Gasteiger partial charge is 0.276 e. The second-order valence-electron chi connectivity index (χ2n) is 10.8. The summed E-state index contributed by atoms with van der Waals surface area (Å²) >= 11 is 1.66. The molecule has 0 N–H and O–H groups in total. The van der Waals surface area contributed by atoms with E-state index in [1.165, 1.54) is 0 Å². The molecule has 2 heterocycles. The maximum Gasteiger partial charge on any atom is 0.263 e. The van der Waals surface area contributed by atoms with Crippen molar-refractivity contribution >= 4 is 68.4 Å². The molecule has 0 aliphatic rings. The molecule has 0 amide bonds. The summed E-state index contributed by atoms with van der Waals surface area (Å²) in [6.07, 6.45) is 7.59. The zero-order valence-electron chi connectivity index (χ0n) is 24.2. The summed E-state index contributed by atoms with van der Waals surface area (Å²) in [5.74, 6) is 0. The Morgan fingerprint density at radius 2 is 1.20 bits per heavy atom. The van der Waals surface area contributed by atoms with Gasteiger partial charge in [-0.1, -0.05) is 111 Å². The van der Waals surface area contributed by atoms with Crippen LogP contribution in [0.3, 0.4) is 0 Å². The van der Waals surface area contributed by atoms with E-state index in [-0.39, 0.29) is 5.56 Å². The highest BCUT2D eigenvalue weighted by molar-refractivity contribution is 7.18. The van der Waals surface area contributed by atoms with Crippen LogP contribution in [-0.2, 0) is 0 Å². The Kier molecular flexibility index (Phi) is 6.81. The molecule has 0 unspecified atom stereocenters. The maximum atomic E-state index is 13.6. The van der Waals surface area contributed by atoms with E-state index < -0.39 is 0 Å². The maximum absolute atomic E-state index is 13.6. The Hall–Kier alpha value is -5.51. The minimum absolute atomic E-state index is 0.00382. The number of nitrogens with zero attached hydrogens (tertiary/aromatic N) is 1. The average molecular weight is 584 g/mol. The number of aromatic nitrogens is 1. The summed E-state index contributed by atoms with van der Waals surface area (Å²) in [7, 11) is 0. The van der Waals surface area contributed by atoms with Crippen molar-refractivity contribution in [3.8, 4) is 27.9 Å². The van der Waals surface area contributed by atoms with Crippen molar-refractivity contribution in [2.75, 3.05) is 0 Å². The Morgan fingerprint density at radius 1 is 0.591 bits per heavy atom. The van der Waals surface area contributed by atoms with Crippen LogP contribution >= 0.6 is 11.3 Å². The Labute approximate surface area is 259 Å². The molecule has 0 saturated carbocycles. The summed E-state index contributed by atoms with van der Waals surface area (Å²) in [4.78, 5) is 13.6. The van der Waals surface area contributed by atoms with Crippen molar-refractivity contribution in [2.24, 2.45) is 0 Å². The van der Waals surface area contributed by atoms with Crippen LogP contribution in [0.5, 0.6) is 0 Å². The smallest absolute Gasteiger partial charge is 0.263 e. The summed E-state index contributed by atoms with van der Waals surface area (Å²) in [6, 6.07) is 33.2. The Balaban J connectivity index is 1.33. The molecular weight excluding hydrogens is 555 g/mol. The number of hydrogen-bond acceptors (Lipinski definition) is 2. The molecule has 0 aliphatic heterocycles. The fourth-order valence-electron chi connectivity index (χ4n) is 6.16. The Bertz CT molecular complexity index is 2580. The van der Waals surface area contributed by atoms with Crippen molar-refractivity contribution < 1.29 is 0 Å². The molecular formula is C41H29NOS. The molecule has 0 fully saturated rings. The van der Waals surface area contributed by atoms with Crippen molar-refractivity contribution in [2.45, 2.75) is 0 Å². The normalized spacial score (nSPS) is 12.4. The van der Waals surface area contributed by atoms with Gasteiger partial charge in [0.1, 0.15) is 0 Å². The fourth-order valence-corrected chi connectivity index (χ4v) is 7.08. The summed E-state index contributed by atoms with van der Waals surface area (Å²) in [6.45, 7) is 16.5. The molecule has 2 aromatic heterocycles. The Morgan fingerprint density at radius 3 is 1.91 bits per heavy atom. The number of benzene rings is 5. The molecule has 0 radical (unpaired) electrons. The van der Waals surface area contributed by atoms with Crippen molar-refractivity contribution in [1.82, 2.24) is 4.57 Å². The highest BCUT2D eigenvalue weighted by atomic mass is 32.1. The number of fused-ring (bicyclic) bond motifs is 4. The molecule has 0 bridgehead atoms. The average Bonchev–Trinajstić information content (AvgIpc) is 3.55. The van der Waals surface area contributed by atoms with E-state index >= 15 is 0 Å². The van der Waals surface area contributed by atoms with Gasteiger partial charge in [-0.2, -0.15) is 0 Å². The fraction of sp³-hybridized carbons (Fsp3) is 0. The van der Waals surface area contributed by atoms with Crippen molar-refractivity contribution in [3.63, 3.8) is 0 Å². The number of rotatable bonds is 5. The SMILES string of the molecule is C=C/C=c1\c(=C)c(=C)/c(=C\C=C)c2cc(-c3cccc(-c4ccc(-n5c(=O)c6ccccc6c6sccc65)cc4)c3)ccc12. The molecule has 7 aromatic rings. The quantitative estimate of drug-likeness (QED) is 0.206. The third kappa shape index (κ3) is 4.38. The van der Waals surface area contributed by atoms with Crippen molar-refractivity contribution in [3.05, 3.63) is 159 Å². The third-order valence-corrected chi connectivity index (χ3v) is 9.27. The van der Waals surface area contributed by atoms with Gasteiger partial charge in [-0.3, -0.25) is 9.36 Å². The first-order chi connectivity index (χ1) is 21.5. The van der Waals surface area contributed by atoms with E-state index in [1.54, 1.807) is 23.5 Å². The molecule has 0 saturated heterocycles. The first-order valence-corrected chi connectivity index (χ1v) is 15.3. The lowest BCUT2D eigenvalue weighted by Crippen LogP contribution is -2.47. The van der Waals surface area contributed by atoms with Crippen LogP contribution in [0.2, 0.25) is 0 Å². The minimum Gasteiger partial charge on any atom is -0.276 e. The van der Waals surface area contributed by atoms with Crippen LogP contribution in [-0.4, -0.2) is 4.57 Å². The van der Waals surface area contributed by atoms with Gasteiger partial charge in [-0.25, -0.2) is 0 Å². The highest BCUT2D eigenvalue weighted by Gasteiger charge is 2.13. The van der Waals surface area contributed by atoms with Crippen LogP contribution in [0.1, 0.15) is 0 Å². The molecule has 7 rings (SSSR count). The van der Waals surface area contributed by atoms with E-state index in [1.807, 2.05) is 64.6 Å². The number of pyridine rings is 1. The summed E-state index contributed by atoms with van der Waals surface area (Å²) in [5, 5.41) is 9.84. The van der Waals surface area contributed by atoms with Gasteiger partial charge in [0.15, 0.2) is 0 Å². The van der Waals surface area contributed by atoms with Gasteiger partial charge in [0.2, 0.25) is 0 Å². The van der Waals surface area contributed by atoms with Gasteiger partial charge in [0, 0.05) is 16.5 Å². The monoisotopic (exact) mass is 583 g/mol. The summed E-state index contributed by atoms with van der Waals surface area (Å²) < 4.78 is 2.95. The molecule has 0 atom stereocenters. The van der Waals surface area contributed by atoms with Crippen LogP contribution < -0.4 is 26.4 Å². The van der Waals surface area contributed by atoms with E-state index in [9.17, 15) is 4.79 Å². The van der Waals surface area contributed by atoms with E-state index in [2.05, 4.69) is 80.9 Å². The van der Waals surface area contributed by atoms with E-state index in [4.69, 9.17) is 0 Å². The lowest BCUT2D eigenvalue weighted by Gasteiger charge is -2.12. The lowest BCUT2D eigenvalue weighted by atomic mass is 9.95. The number of hydrogen-bond donors (Lipinski definition) is 0. The van der Waals surface area contributed by atoms with Gasteiger partial charge in [0.25, 0.3) is 5.56 Å². The molecule has 3 heteroatoms. The highest BCUT2D eigenvalue weighted by Crippen LogP contribution is 2.31. The van der Waals surface area contributed by atoms with Crippen LogP contribution in [0, 0.1) is 0 Å².